The summed E-state index contributed by atoms with van der Waals surface area (Å²) in [4.78, 5) is 22.3. The summed E-state index contributed by atoms with van der Waals surface area (Å²) >= 11 is 6.73. The van der Waals surface area contributed by atoms with Crippen molar-refractivity contribution >= 4 is 39.3 Å². The minimum atomic E-state index is -0.771. The maximum atomic E-state index is 11.5. The fourth-order valence-electron chi connectivity index (χ4n) is 1.14. The van der Waals surface area contributed by atoms with E-state index in [1.807, 2.05) is 0 Å². The van der Waals surface area contributed by atoms with Gasteiger partial charge in [-0.05, 0) is 29.7 Å². The summed E-state index contributed by atoms with van der Waals surface area (Å²) in [7, 11) is 0. The zero-order valence-electron chi connectivity index (χ0n) is 6.86. The predicted octanol–water partition coefficient (Wildman–Crippen LogP) is 1.64. The summed E-state index contributed by atoms with van der Waals surface area (Å²) in [6, 6.07) is 4.04. The van der Waals surface area contributed by atoms with Gasteiger partial charge in [0.2, 0.25) is 0 Å². The largest absolute Gasteiger partial charge is 0.350 e. The lowest BCUT2D eigenvalue weighted by Gasteiger charge is -1.86. The Morgan fingerprint density at radius 1 is 1.50 bits per heavy atom. The number of aromatic nitrogens is 1. The first-order chi connectivity index (χ1) is 6.59. The van der Waals surface area contributed by atoms with Crippen molar-refractivity contribution in [3.8, 4) is 0 Å². The molecule has 0 bridgehead atoms. The molecule has 14 heavy (non-hydrogen) atoms. The van der Waals surface area contributed by atoms with Gasteiger partial charge in [-0.2, -0.15) is 3.96 Å². The number of nitrogens with two attached hydrogens (primary N) is 1. The number of nitrogens with zero attached hydrogens (tertiary/aromatic N) is 1. The maximum absolute atomic E-state index is 11.5. The third-order valence-electron chi connectivity index (χ3n) is 1.75. The fourth-order valence-corrected chi connectivity index (χ4v) is 2.28. The van der Waals surface area contributed by atoms with Gasteiger partial charge in [0.15, 0.2) is 0 Å². The Morgan fingerprint density at radius 2 is 2.21 bits per heavy atom. The van der Waals surface area contributed by atoms with Gasteiger partial charge in [0.25, 0.3) is 5.56 Å². The van der Waals surface area contributed by atoms with Gasteiger partial charge in [0, 0.05) is 5.02 Å². The summed E-state index contributed by atoms with van der Waals surface area (Å²) < 4.78 is 1.56. The van der Waals surface area contributed by atoms with Crippen LogP contribution in [-0.2, 0) is 0 Å². The van der Waals surface area contributed by atoms with E-state index in [2.05, 4.69) is 0 Å². The monoisotopic (exact) mass is 228 g/mol. The average Bonchev–Trinajstić information content (AvgIpc) is 2.43. The van der Waals surface area contributed by atoms with E-state index >= 15 is 0 Å². The molecule has 0 aliphatic carbocycles. The van der Waals surface area contributed by atoms with Crippen molar-refractivity contribution in [2.24, 2.45) is 5.73 Å². The lowest BCUT2D eigenvalue weighted by Crippen LogP contribution is -2.26. The molecule has 0 spiro atoms. The molecule has 0 aliphatic rings. The second-order valence-electron chi connectivity index (χ2n) is 2.67. The first-order valence-corrected chi connectivity index (χ1v) is 4.86. The molecule has 0 radical (unpaired) electrons. The highest BCUT2D eigenvalue weighted by molar-refractivity contribution is 7.14. The van der Waals surface area contributed by atoms with Gasteiger partial charge in [-0.15, -0.1) is 0 Å². The lowest BCUT2D eigenvalue weighted by molar-refractivity contribution is 0.252. The van der Waals surface area contributed by atoms with E-state index in [0.717, 1.165) is 15.5 Å². The molecular weight excluding hydrogens is 224 g/mol. The van der Waals surface area contributed by atoms with Gasteiger partial charge in [0.05, 0.1) is 10.1 Å². The van der Waals surface area contributed by atoms with Crippen molar-refractivity contribution in [1.82, 2.24) is 3.96 Å². The summed E-state index contributed by atoms with van der Waals surface area (Å²) in [5.41, 5.74) is 4.62. The second kappa shape index (κ2) is 3.11. The number of halogens is 1. The number of hydrogen-bond donors (Lipinski definition) is 1. The van der Waals surface area contributed by atoms with Crippen LogP contribution in [0.2, 0.25) is 5.02 Å². The lowest BCUT2D eigenvalue weighted by atomic mass is 10.3. The minimum absolute atomic E-state index is 0.394. The number of carbonyl (C=O) groups excluding carboxylic acids is 1. The summed E-state index contributed by atoms with van der Waals surface area (Å²) in [6.07, 6.45) is 0. The predicted molar refractivity (Wildman–Crippen MR) is 56.1 cm³/mol. The number of fused-ring (bicyclic) bond motifs is 1. The van der Waals surface area contributed by atoms with Crippen LogP contribution < -0.4 is 11.3 Å². The maximum Gasteiger partial charge on any atom is 0.335 e. The van der Waals surface area contributed by atoms with Crippen LogP contribution in [0.1, 0.15) is 0 Å². The van der Waals surface area contributed by atoms with Crippen LogP contribution in [-0.4, -0.2) is 9.99 Å². The van der Waals surface area contributed by atoms with Gasteiger partial charge in [0.1, 0.15) is 0 Å². The molecule has 0 saturated carbocycles. The third-order valence-corrected chi connectivity index (χ3v) is 3.05. The minimum Gasteiger partial charge on any atom is -0.350 e. The standard InChI is InChI=1S/C8H5ClN2O2S/c9-4-1-2-5-6(3-4)14-11(7(5)12)8(10)13/h1-3H,(H2,10,13). The Morgan fingerprint density at radius 3 is 2.86 bits per heavy atom. The summed E-state index contributed by atoms with van der Waals surface area (Å²) in [6.45, 7) is 0. The van der Waals surface area contributed by atoms with Crippen LogP contribution in [0.4, 0.5) is 4.79 Å². The number of amides is 1. The average molecular weight is 229 g/mol. The van der Waals surface area contributed by atoms with E-state index in [4.69, 9.17) is 17.3 Å². The number of primary amides is 1. The molecule has 1 aromatic carbocycles. The first-order valence-electron chi connectivity index (χ1n) is 3.71. The van der Waals surface area contributed by atoms with Crippen molar-refractivity contribution in [3.05, 3.63) is 33.6 Å². The van der Waals surface area contributed by atoms with Crippen LogP contribution in [0.25, 0.3) is 10.1 Å². The Labute approximate surface area is 87.7 Å². The Bertz CT molecular complexity index is 572. The zero-order chi connectivity index (χ0) is 10.3. The zero-order valence-corrected chi connectivity index (χ0v) is 8.43. The molecule has 0 fully saturated rings. The summed E-state index contributed by atoms with van der Waals surface area (Å²) in [5, 5.41) is 0.980. The molecule has 1 heterocycles. The van der Waals surface area contributed by atoms with Crippen molar-refractivity contribution in [2.75, 3.05) is 0 Å². The quantitative estimate of drug-likeness (QED) is 0.745. The molecule has 1 aromatic heterocycles. The molecule has 2 rings (SSSR count). The third kappa shape index (κ3) is 1.30. The van der Waals surface area contributed by atoms with Gasteiger partial charge in [-0.3, -0.25) is 4.79 Å². The van der Waals surface area contributed by atoms with Crippen molar-refractivity contribution < 1.29 is 4.79 Å². The van der Waals surface area contributed by atoms with E-state index in [1.54, 1.807) is 18.2 Å². The van der Waals surface area contributed by atoms with Gasteiger partial charge >= 0.3 is 6.03 Å². The normalized spacial score (nSPS) is 10.6. The van der Waals surface area contributed by atoms with Crippen LogP contribution in [0.5, 0.6) is 0 Å². The van der Waals surface area contributed by atoms with Crippen molar-refractivity contribution in [2.45, 2.75) is 0 Å². The van der Waals surface area contributed by atoms with Crippen LogP contribution in [0, 0.1) is 0 Å². The van der Waals surface area contributed by atoms with E-state index in [-0.39, 0.29) is 0 Å². The smallest absolute Gasteiger partial charge is 0.335 e. The molecule has 0 atom stereocenters. The van der Waals surface area contributed by atoms with Crippen LogP contribution in [0.3, 0.4) is 0 Å². The molecular formula is C8H5ClN2O2S. The molecule has 4 nitrogen and oxygen atoms in total. The van der Waals surface area contributed by atoms with Crippen molar-refractivity contribution in [1.29, 1.82) is 0 Å². The molecule has 6 heteroatoms. The molecule has 0 saturated heterocycles. The number of benzene rings is 1. The molecule has 2 aromatic rings. The Kier molecular flexibility index (Phi) is 2.05. The number of carbonyl (C=O) groups is 1. The van der Waals surface area contributed by atoms with Gasteiger partial charge in [-0.1, -0.05) is 11.6 Å². The topological polar surface area (TPSA) is 65.1 Å². The Hall–Kier alpha value is -1.33. The second-order valence-corrected chi connectivity index (χ2v) is 4.09. The highest BCUT2D eigenvalue weighted by Crippen LogP contribution is 2.20. The highest BCUT2D eigenvalue weighted by Gasteiger charge is 2.10. The van der Waals surface area contributed by atoms with E-state index in [9.17, 15) is 9.59 Å². The number of rotatable bonds is 0. The van der Waals surface area contributed by atoms with E-state index < -0.39 is 11.6 Å². The number of hydrogen-bond acceptors (Lipinski definition) is 3. The summed E-state index contributed by atoms with van der Waals surface area (Å²) in [5.74, 6) is 0. The van der Waals surface area contributed by atoms with Gasteiger partial charge < -0.3 is 5.73 Å². The highest BCUT2D eigenvalue weighted by atomic mass is 35.5. The van der Waals surface area contributed by atoms with Crippen LogP contribution >= 0.6 is 23.1 Å². The van der Waals surface area contributed by atoms with Gasteiger partial charge in [-0.25, -0.2) is 4.79 Å². The van der Waals surface area contributed by atoms with Crippen molar-refractivity contribution in [3.63, 3.8) is 0 Å². The molecule has 72 valence electrons. The Balaban J connectivity index is 2.87. The van der Waals surface area contributed by atoms with Crippen LogP contribution in [0.15, 0.2) is 23.0 Å². The fraction of sp³-hybridized carbons (Fsp3) is 0. The first kappa shape index (κ1) is 9.23. The molecule has 0 aliphatic heterocycles. The molecule has 2 N–H and O–H groups in total. The molecule has 1 amide bonds. The van der Waals surface area contributed by atoms with E-state index in [0.29, 0.717) is 15.1 Å². The van der Waals surface area contributed by atoms with E-state index in [1.165, 1.54) is 0 Å². The molecule has 0 unspecified atom stereocenters. The SMILES string of the molecule is NC(=O)n1sc2cc(Cl)ccc2c1=O.